The van der Waals surface area contributed by atoms with Gasteiger partial charge in [-0.05, 0) is 22.3 Å². The standard InChI is InChI=1S/C22H26O3/c1-3-19-5-9-21(10-6-19)17-24-15-13-23-14-16-25-18-22-11-7-20(4-2)8-12-22/h3-12H,1-2,13-18H2. The first kappa shape index (κ1) is 19.1. The van der Waals surface area contributed by atoms with E-state index >= 15 is 0 Å². The van der Waals surface area contributed by atoms with Crippen molar-refractivity contribution < 1.29 is 14.2 Å². The lowest BCUT2D eigenvalue weighted by atomic mass is 10.1. The van der Waals surface area contributed by atoms with E-state index in [4.69, 9.17) is 14.2 Å². The third kappa shape index (κ3) is 7.48. The van der Waals surface area contributed by atoms with E-state index in [1.54, 1.807) is 0 Å². The van der Waals surface area contributed by atoms with Crippen molar-refractivity contribution in [1.82, 2.24) is 0 Å². The summed E-state index contributed by atoms with van der Waals surface area (Å²) in [6, 6.07) is 16.3. The van der Waals surface area contributed by atoms with E-state index in [-0.39, 0.29) is 0 Å². The molecule has 0 atom stereocenters. The third-order valence-corrected chi connectivity index (χ3v) is 3.71. The Morgan fingerprint density at radius 2 is 0.920 bits per heavy atom. The number of hydrogen-bond donors (Lipinski definition) is 0. The van der Waals surface area contributed by atoms with Gasteiger partial charge in [-0.2, -0.15) is 0 Å². The molecule has 0 saturated carbocycles. The van der Waals surface area contributed by atoms with Crippen LogP contribution in [0.15, 0.2) is 61.7 Å². The van der Waals surface area contributed by atoms with Crippen LogP contribution in [0.4, 0.5) is 0 Å². The topological polar surface area (TPSA) is 27.7 Å². The molecule has 0 heterocycles. The van der Waals surface area contributed by atoms with Gasteiger partial charge < -0.3 is 14.2 Å². The Morgan fingerprint density at radius 1 is 0.560 bits per heavy atom. The molecule has 2 aromatic rings. The Bertz CT molecular complexity index is 572. The van der Waals surface area contributed by atoms with E-state index in [2.05, 4.69) is 13.2 Å². The smallest absolute Gasteiger partial charge is 0.0718 e. The molecule has 0 unspecified atom stereocenters. The predicted octanol–water partition coefficient (Wildman–Crippen LogP) is 4.72. The average molecular weight is 338 g/mol. The van der Waals surface area contributed by atoms with E-state index in [9.17, 15) is 0 Å². The quantitative estimate of drug-likeness (QED) is 0.524. The lowest BCUT2D eigenvalue weighted by molar-refractivity contribution is 0.00704. The van der Waals surface area contributed by atoms with Crippen LogP contribution in [-0.2, 0) is 27.4 Å². The first-order valence-electron chi connectivity index (χ1n) is 8.48. The zero-order valence-corrected chi connectivity index (χ0v) is 14.7. The number of rotatable bonds is 12. The van der Waals surface area contributed by atoms with Gasteiger partial charge in [0.25, 0.3) is 0 Å². The molecule has 3 heteroatoms. The monoisotopic (exact) mass is 338 g/mol. The van der Waals surface area contributed by atoms with Crippen molar-refractivity contribution in [1.29, 1.82) is 0 Å². The van der Waals surface area contributed by atoms with Crippen LogP contribution >= 0.6 is 0 Å². The van der Waals surface area contributed by atoms with Crippen molar-refractivity contribution >= 4 is 12.2 Å². The van der Waals surface area contributed by atoms with Crippen LogP contribution in [0.1, 0.15) is 22.3 Å². The Labute approximate surface area is 150 Å². The highest BCUT2D eigenvalue weighted by Gasteiger charge is 1.96. The molecule has 2 rings (SSSR count). The van der Waals surface area contributed by atoms with Crippen LogP contribution in [0.25, 0.3) is 12.2 Å². The number of benzene rings is 2. The summed E-state index contributed by atoms with van der Waals surface area (Å²) in [5, 5.41) is 0. The van der Waals surface area contributed by atoms with Gasteiger partial charge in [0.2, 0.25) is 0 Å². The molecule has 0 fully saturated rings. The summed E-state index contributed by atoms with van der Waals surface area (Å²) in [4.78, 5) is 0. The van der Waals surface area contributed by atoms with Gasteiger partial charge in [0.05, 0.1) is 39.6 Å². The molecule has 0 spiro atoms. The molecule has 0 bridgehead atoms. The highest BCUT2D eigenvalue weighted by atomic mass is 16.5. The highest BCUT2D eigenvalue weighted by molar-refractivity contribution is 5.47. The summed E-state index contributed by atoms with van der Waals surface area (Å²) in [6.45, 7) is 11.0. The summed E-state index contributed by atoms with van der Waals surface area (Å²) in [7, 11) is 0. The number of ether oxygens (including phenoxy) is 3. The van der Waals surface area contributed by atoms with Gasteiger partial charge in [0, 0.05) is 0 Å². The Balaban J connectivity index is 1.46. The fourth-order valence-corrected chi connectivity index (χ4v) is 2.22. The summed E-state index contributed by atoms with van der Waals surface area (Å²) in [6.07, 6.45) is 3.66. The molecule has 0 radical (unpaired) electrons. The van der Waals surface area contributed by atoms with Gasteiger partial charge >= 0.3 is 0 Å². The minimum Gasteiger partial charge on any atom is -0.377 e. The second kappa shape index (κ2) is 11.4. The normalized spacial score (nSPS) is 10.6. The molecule has 132 valence electrons. The lowest BCUT2D eigenvalue weighted by Gasteiger charge is -2.07. The fraction of sp³-hybridized carbons (Fsp3) is 0.273. The van der Waals surface area contributed by atoms with Crippen LogP contribution in [0.5, 0.6) is 0 Å². The fourth-order valence-electron chi connectivity index (χ4n) is 2.22. The Morgan fingerprint density at radius 3 is 1.28 bits per heavy atom. The lowest BCUT2D eigenvalue weighted by Crippen LogP contribution is -2.09. The van der Waals surface area contributed by atoms with Crippen LogP contribution < -0.4 is 0 Å². The van der Waals surface area contributed by atoms with Crippen molar-refractivity contribution in [3.63, 3.8) is 0 Å². The van der Waals surface area contributed by atoms with Crippen molar-refractivity contribution in [2.75, 3.05) is 26.4 Å². The highest BCUT2D eigenvalue weighted by Crippen LogP contribution is 2.07. The van der Waals surface area contributed by atoms with Crippen molar-refractivity contribution in [2.45, 2.75) is 13.2 Å². The maximum absolute atomic E-state index is 5.59. The Hall–Kier alpha value is -2.20. The minimum absolute atomic E-state index is 0.572. The molecule has 25 heavy (non-hydrogen) atoms. The molecule has 0 aliphatic heterocycles. The third-order valence-electron chi connectivity index (χ3n) is 3.71. The average Bonchev–Trinajstić information content (AvgIpc) is 2.67. The van der Waals surface area contributed by atoms with Crippen molar-refractivity contribution in [3.05, 3.63) is 83.9 Å². The van der Waals surface area contributed by atoms with Crippen LogP contribution in [0, 0.1) is 0 Å². The van der Waals surface area contributed by atoms with E-state index in [1.807, 2.05) is 60.7 Å². The van der Waals surface area contributed by atoms with E-state index in [0.29, 0.717) is 39.6 Å². The van der Waals surface area contributed by atoms with Crippen molar-refractivity contribution in [3.8, 4) is 0 Å². The summed E-state index contributed by atoms with van der Waals surface area (Å²) >= 11 is 0. The van der Waals surface area contributed by atoms with Gasteiger partial charge in [-0.25, -0.2) is 0 Å². The Kier molecular flexibility index (Phi) is 8.70. The molecule has 0 aliphatic carbocycles. The SMILES string of the molecule is C=Cc1ccc(COCCOCCOCc2ccc(C=C)cc2)cc1. The van der Waals surface area contributed by atoms with Crippen LogP contribution in [-0.4, -0.2) is 26.4 Å². The molecule has 0 aliphatic rings. The molecule has 3 nitrogen and oxygen atoms in total. The first-order valence-corrected chi connectivity index (χ1v) is 8.48. The molecular formula is C22H26O3. The number of hydrogen-bond acceptors (Lipinski definition) is 3. The molecule has 0 aromatic heterocycles. The predicted molar refractivity (Wildman–Crippen MR) is 103 cm³/mol. The van der Waals surface area contributed by atoms with Crippen molar-refractivity contribution in [2.24, 2.45) is 0 Å². The van der Waals surface area contributed by atoms with Gasteiger partial charge in [-0.1, -0.05) is 73.8 Å². The van der Waals surface area contributed by atoms with E-state index in [1.165, 1.54) is 0 Å². The zero-order chi connectivity index (χ0) is 17.7. The van der Waals surface area contributed by atoms with Crippen LogP contribution in [0.2, 0.25) is 0 Å². The van der Waals surface area contributed by atoms with Gasteiger partial charge in [-0.15, -0.1) is 0 Å². The van der Waals surface area contributed by atoms with E-state index in [0.717, 1.165) is 22.3 Å². The van der Waals surface area contributed by atoms with Gasteiger partial charge in [0.15, 0.2) is 0 Å². The largest absolute Gasteiger partial charge is 0.377 e. The van der Waals surface area contributed by atoms with Crippen LogP contribution in [0.3, 0.4) is 0 Å². The van der Waals surface area contributed by atoms with Gasteiger partial charge in [-0.3, -0.25) is 0 Å². The molecular weight excluding hydrogens is 312 g/mol. The van der Waals surface area contributed by atoms with Gasteiger partial charge in [0.1, 0.15) is 0 Å². The second-order valence-corrected chi connectivity index (χ2v) is 5.61. The summed E-state index contributed by atoms with van der Waals surface area (Å²) < 4.78 is 16.7. The summed E-state index contributed by atoms with van der Waals surface area (Å²) in [5.41, 5.74) is 4.53. The maximum atomic E-state index is 5.59. The minimum atomic E-state index is 0.572. The maximum Gasteiger partial charge on any atom is 0.0718 e. The molecule has 0 saturated heterocycles. The first-order chi connectivity index (χ1) is 12.3. The summed E-state index contributed by atoms with van der Waals surface area (Å²) in [5.74, 6) is 0. The zero-order valence-electron chi connectivity index (χ0n) is 14.7. The molecule has 2 aromatic carbocycles. The second-order valence-electron chi connectivity index (χ2n) is 5.61. The van der Waals surface area contributed by atoms with E-state index < -0.39 is 0 Å². The molecule has 0 N–H and O–H groups in total. The molecule has 0 amide bonds.